The maximum atomic E-state index is 12.4. The minimum Gasteiger partial charge on any atom is -0.480 e. The predicted molar refractivity (Wildman–Crippen MR) is 88.9 cm³/mol. The Hall–Kier alpha value is -2.90. The van der Waals surface area contributed by atoms with Crippen LogP contribution in [-0.2, 0) is 20.9 Å². The summed E-state index contributed by atoms with van der Waals surface area (Å²) in [5.74, 6) is -3.46. The summed E-state index contributed by atoms with van der Waals surface area (Å²) in [7, 11) is 0. The van der Waals surface area contributed by atoms with Crippen LogP contribution in [0.25, 0.3) is 0 Å². The number of carboxylic acids is 2. The van der Waals surface area contributed by atoms with E-state index in [4.69, 9.17) is 10.2 Å². The van der Waals surface area contributed by atoms with Crippen molar-refractivity contribution in [1.82, 2.24) is 10.2 Å². The Morgan fingerprint density at radius 2 is 1.60 bits per heavy atom. The third-order valence-corrected chi connectivity index (χ3v) is 3.25. The van der Waals surface area contributed by atoms with E-state index in [-0.39, 0.29) is 18.0 Å². The van der Waals surface area contributed by atoms with Crippen LogP contribution < -0.4 is 5.32 Å². The van der Waals surface area contributed by atoms with Gasteiger partial charge < -0.3 is 20.4 Å². The molecule has 0 aliphatic heterocycles. The van der Waals surface area contributed by atoms with Crippen LogP contribution in [0.3, 0.4) is 0 Å². The number of nitrogens with zero attached hydrogens (tertiary/aromatic N) is 1. The number of nitrogens with one attached hydrogen (secondary N) is 1. The van der Waals surface area contributed by atoms with Crippen molar-refractivity contribution in [3.05, 3.63) is 35.4 Å². The Kier molecular flexibility index (Phi) is 6.67. The van der Waals surface area contributed by atoms with Crippen molar-refractivity contribution < 1.29 is 29.4 Å². The molecule has 0 radical (unpaired) electrons. The van der Waals surface area contributed by atoms with E-state index < -0.39 is 36.4 Å². The van der Waals surface area contributed by atoms with Crippen molar-refractivity contribution in [2.24, 2.45) is 5.41 Å². The molecule has 0 saturated heterocycles. The molecule has 3 N–H and O–H groups in total. The number of rotatable bonds is 7. The SMILES string of the molecule is CC(C)(C)C(=O)NCc1cccc(C(=O)N(CC(=O)O)CC(=O)O)c1. The molecule has 0 bridgehead atoms. The minimum absolute atomic E-state index is 0.150. The first kappa shape index (κ1) is 20.1. The number of carbonyl (C=O) groups is 4. The molecule has 2 amide bonds. The molecule has 1 aromatic carbocycles. The van der Waals surface area contributed by atoms with Crippen molar-refractivity contribution in [1.29, 1.82) is 0 Å². The molecule has 8 nitrogen and oxygen atoms in total. The number of carbonyl (C=O) groups excluding carboxylic acids is 2. The fourth-order valence-electron chi connectivity index (χ4n) is 1.97. The molecule has 0 spiro atoms. The zero-order valence-electron chi connectivity index (χ0n) is 14.4. The molecular formula is C17H22N2O6. The molecule has 1 rings (SSSR count). The van der Waals surface area contributed by atoms with Crippen LogP contribution >= 0.6 is 0 Å². The van der Waals surface area contributed by atoms with Crippen molar-refractivity contribution in [2.45, 2.75) is 27.3 Å². The number of carboxylic acid groups (broad SMARTS) is 2. The standard InChI is InChI=1S/C17H22N2O6/c1-17(2,3)16(25)18-8-11-5-4-6-12(7-11)15(24)19(9-13(20)21)10-14(22)23/h4-7H,8-10H2,1-3H3,(H,18,25)(H,20,21)(H,22,23). The number of aliphatic carboxylic acids is 2. The molecule has 136 valence electrons. The first-order chi connectivity index (χ1) is 11.5. The van der Waals surface area contributed by atoms with Crippen molar-refractivity contribution >= 4 is 23.8 Å². The zero-order chi connectivity index (χ0) is 19.2. The molecule has 0 saturated carbocycles. The summed E-state index contributed by atoms with van der Waals surface area (Å²) in [4.78, 5) is 46.7. The largest absolute Gasteiger partial charge is 0.480 e. The summed E-state index contributed by atoms with van der Waals surface area (Å²) in [6, 6.07) is 6.26. The maximum Gasteiger partial charge on any atom is 0.323 e. The summed E-state index contributed by atoms with van der Waals surface area (Å²) >= 11 is 0. The van der Waals surface area contributed by atoms with Gasteiger partial charge in [-0.15, -0.1) is 0 Å². The molecule has 0 heterocycles. The highest BCUT2D eigenvalue weighted by atomic mass is 16.4. The molecule has 8 heteroatoms. The van der Waals surface area contributed by atoms with Gasteiger partial charge in [-0.05, 0) is 17.7 Å². The van der Waals surface area contributed by atoms with E-state index in [1.165, 1.54) is 12.1 Å². The van der Waals surface area contributed by atoms with Crippen molar-refractivity contribution in [3.63, 3.8) is 0 Å². The highest BCUT2D eigenvalue weighted by Gasteiger charge is 2.22. The summed E-state index contributed by atoms with van der Waals surface area (Å²) in [5.41, 5.74) is 0.256. The molecule has 1 aromatic rings. The molecule has 25 heavy (non-hydrogen) atoms. The second kappa shape index (κ2) is 8.27. The summed E-state index contributed by atoms with van der Waals surface area (Å²) in [5, 5.41) is 20.4. The fourth-order valence-corrected chi connectivity index (χ4v) is 1.97. The van der Waals surface area contributed by atoms with E-state index >= 15 is 0 Å². The normalized spacial score (nSPS) is 10.8. The van der Waals surface area contributed by atoms with Crippen LogP contribution in [0.1, 0.15) is 36.7 Å². The first-order valence-corrected chi connectivity index (χ1v) is 7.61. The lowest BCUT2D eigenvalue weighted by atomic mass is 9.95. The average molecular weight is 350 g/mol. The van der Waals surface area contributed by atoms with Crippen LogP contribution in [0.5, 0.6) is 0 Å². The molecule has 0 atom stereocenters. The highest BCUT2D eigenvalue weighted by molar-refractivity contribution is 5.97. The number of hydrogen-bond donors (Lipinski definition) is 3. The van der Waals surface area contributed by atoms with Gasteiger partial charge in [0.1, 0.15) is 13.1 Å². The molecule has 0 fully saturated rings. The lowest BCUT2D eigenvalue weighted by molar-refractivity contribution is -0.140. The predicted octanol–water partition coefficient (Wildman–Crippen LogP) is 0.960. The van der Waals surface area contributed by atoms with E-state index in [1.54, 1.807) is 32.9 Å². The van der Waals surface area contributed by atoms with Gasteiger partial charge in [-0.3, -0.25) is 19.2 Å². The Morgan fingerprint density at radius 3 is 2.08 bits per heavy atom. The second-order valence-electron chi connectivity index (χ2n) is 6.58. The maximum absolute atomic E-state index is 12.4. The molecule has 0 aliphatic carbocycles. The van der Waals surface area contributed by atoms with E-state index in [0.29, 0.717) is 5.56 Å². The Bertz CT molecular complexity index is 662. The molecule has 0 aliphatic rings. The van der Waals surface area contributed by atoms with Crippen LogP contribution in [0.2, 0.25) is 0 Å². The Morgan fingerprint density at radius 1 is 1.04 bits per heavy atom. The van der Waals surface area contributed by atoms with Gasteiger partial charge in [0, 0.05) is 17.5 Å². The molecular weight excluding hydrogens is 328 g/mol. The van der Waals surface area contributed by atoms with E-state index in [0.717, 1.165) is 4.90 Å². The zero-order valence-corrected chi connectivity index (χ0v) is 14.4. The van der Waals surface area contributed by atoms with Crippen LogP contribution in [0, 0.1) is 5.41 Å². The number of benzene rings is 1. The quantitative estimate of drug-likeness (QED) is 0.673. The summed E-state index contributed by atoms with van der Waals surface area (Å²) < 4.78 is 0. The van der Waals surface area contributed by atoms with E-state index in [9.17, 15) is 19.2 Å². The van der Waals surface area contributed by atoms with Gasteiger partial charge in [0.15, 0.2) is 0 Å². The fraction of sp³-hybridized carbons (Fsp3) is 0.412. The van der Waals surface area contributed by atoms with E-state index in [2.05, 4.69) is 5.32 Å². The topological polar surface area (TPSA) is 124 Å². The van der Waals surface area contributed by atoms with Crippen LogP contribution in [0.4, 0.5) is 0 Å². The third-order valence-electron chi connectivity index (χ3n) is 3.25. The van der Waals surface area contributed by atoms with Gasteiger partial charge in [-0.1, -0.05) is 32.9 Å². The summed E-state index contributed by atoms with van der Waals surface area (Å²) in [6.45, 7) is 4.11. The Balaban J connectivity index is 2.90. The number of amides is 2. The highest BCUT2D eigenvalue weighted by Crippen LogP contribution is 2.14. The smallest absolute Gasteiger partial charge is 0.323 e. The minimum atomic E-state index is -1.30. The molecule has 0 aromatic heterocycles. The van der Waals surface area contributed by atoms with Gasteiger partial charge >= 0.3 is 11.9 Å². The Labute approximate surface area is 145 Å². The van der Waals surface area contributed by atoms with Gasteiger partial charge in [0.05, 0.1) is 0 Å². The lowest BCUT2D eigenvalue weighted by Gasteiger charge is -2.19. The third kappa shape index (κ3) is 6.62. The van der Waals surface area contributed by atoms with E-state index in [1.807, 2.05) is 0 Å². The number of hydrogen-bond acceptors (Lipinski definition) is 4. The van der Waals surface area contributed by atoms with Crippen molar-refractivity contribution in [2.75, 3.05) is 13.1 Å². The van der Waals surface area contributed by atoms with Gasteiger partial charge in [0.2, 0.25) is 5.91 Å². The first-order valence-electron chi connectivity index (χ1n) is 7.61. The van der Waals surface area contributed by atoms with Crippen molar-refractivity contribution in [3.8, 4) is 0 Å². The van der Waals surface area contributed by atoms with Gasteiger partial charge in [-0.2, -0.15) is 0 Å². The molecule has 0 unspecified atom stereocenters. The monoisotopic (exact) mass is 350 g/mol. The van der Waals surface area contributed by atoms with Gasteiger partial charge in [0.25, 0.3) is 5.91 Å². The summed E-state index contributed by atoms with van der Waals surface area (Å²) in [6.07, 6.45) is 0. The van der Waals surface area contributed by atoms with Crippen LogP contribution in [0.15, 0.2) is 24.3 Å². The second-order valence-corrected chi connectivity index (χ2v) is 6.58. The van der Waals surface area contributed by atoms with Crippen LogP contribution in [-0.4, -0.2) is 52.0 Å². The lowest BCUT2D eigenvalue weighted by Crippen LogP contribution is -2.39. The average Bonchev–Trinajstić information content (AvgIpc) is 2.49. The van der Waals surface area contributed by atoms with Gasteiger partial charge in [-0.25, -0.2) is 0 Å².